The van der Waals surface area contributed by atoms with Gasteiger partial charge < -0.3 is 24.0 Å². The van der Waals surface area contributed by atoms with Gasteiger partial charge in [0.2, 0.25) is 0 Å². The number of anilines is 2. The zero-order valence-corrected chi connectivity index (χ0v) is 34.3. The summed E-state index contributed by atoms with van der Waals surface area (Å²) in [5.41, 5.74) is 6.58. The first kappa shape index (κ1) is 39.5. The van der Waals surface area contributed by atoms with Crippen molar-refractivity contribution in [1.82, 2.24) is 19.9 Å². The fourth-order valence-corrected chi connectivity index (χ4v) is 9.71. The zero-order valence-electron chi connectivity index (χ0n) is 33.5. The van der Waals surface area contributed by atoms with Gasteiger partial charge in [-0.2, -0.15) is 10.5 Å². The Morgan fingerprint density at radius 1 is 0.855 bits per heavy atom. The lowest BCUT2D eigenvalue weighted by molar-refractivity contribution is -0.0598. The highest BCUT2D eigenvalue weighted by molar-refractivity contribution is 7.99. The molecule has 2 saturated heterocycles. The summed E-state index contributed by atoms with van der Waals surface area (Å²) in [6.07, 6.45) is 8.30. The minimum absolute atomic E-state index is 0.0639. The number of nitrogens with zero attached hydrogens (tertiary/aromatic N) is 8. The average Bonchev–Trinajstić information content (AvgIpc) is 3.16. The van der Waals surface area contributed by atoms with Crippen LogP contribution in [0.5, 0.6) is 0 Å². The molecule has 7 heterocycles. The predicted octanol–water partition coefficient (Wildman–Crippen LogP) is 6.41. The maximum Gasteiger partial charge on any atom is 0.135 e. The molecule has 0 aliphatic carbocycles. The van der Waals surface area contributed by atoms with E-state index in [0.717, 1.165) is 115 Å². The van der Waals surface area contributed by atoms with E-state index >= 15 is 0 Å². The Hall–Kier alpha value is -3.78. The third kappa shape index (κ3) is 8.80. The van der Waals surface area contributed by atoms with Crippen molar-refractivity contribution >= 4 is 23.4 Å². The Morgan fingerprint density at radius 3 is 2.22 bits per heavy atom. The third-order valence-electron chi connectivity index (χ3n) is 11.5. The molecule has 0 spiro atoms. The van der Waals surface area contributed by atoms with Gasteiger partial charge in [-0.1, -0.05) is 13.0 Å². The summed E-state index contributed by atoms with van der Waals surface area (Å²) in [5.74, 6) is 2.66. The number of hydrogen-bond acceptors (Lipinski definition) is 12. The van der Waals surface area contributed by atoms with E-state index in [0.29, 0.717) is 50.0 Å². The molecule has 0 amide bonds. The van der Waals surface area contributed by atoms with Crippen LogP contribution in [0.4, 0.5) is 11.6 Å². The lowest BCUT2D eigenvalue weighted by Crippen LogP contribution is -2.47. The number of rotatable bonds is 11. The quantitative estimate of drug-likeness (QED) is 0.201. The van der Waals surface area contributed by atoms with Gasteiger partial charge in [-0.25, -0.2) is 9.97 Å². The first-order chi connectivity index (χ1) is 26.5. The molecule has 2 fully saturated rings. The van der Waals surface area contributed by atoms with Crippen LogP contribution in [0.3, 0.4) is 0 Å². The van der Waals surface area contributed by atoms with Gasteiger partial charge in [0, 0.05) is 81.4 Å². The molecular weight excluding hydrogens is 709 g/mol. The summed E-state index contributed by atoms with van der Waals surface area (Å²) >= 11 is 1.64. The highest BCUT2D eigenvalue weighted by atomic mass is 32.2. The molecule has 3 unspecified atom stereocenters. The van der Waals surface area contributed by atoms with Gasteiger partial charge in [-0.3, -0.25) is 9.88 Å². The van der Waals surface area contributed by atoms with Crippen molar-refractivity contribution < 1.29 is 14.2 Å². The van der Waals surface area contributed by atoms with Crippen LogP contribution in [0.2, 0.25) is 0 Å². The van der Waals surface area contributed by atoms with E-state index in [1.165, 1.54) is 0 Å². The Morgan fingerprint density at radius 2 is 1.55 bits per heavy atom. The summed E-state index contributed by atoms with van der Waals surface area (Å²) < 4.78 is 19.2. The van der Waals surface area contributed by atoms with Crippen LogP contribution in [-0.2, 0) is 53.1 Å². The van der Waals surface area contributed by atoms with E-state index in [2.05, 4.69) is 79.4 Å². The first-order valence-electron chi connectivity index (χ1n) is 20.1. The number of aryl methyl sites for hydroxylation is 2. The second kappa shape index (κ2) is 16.8. The summed E-state index contributed by atoms with van der Waals surface area (Å²) in [4.78, 5) is 22.1. The number of pyridine rings is 3. The van der Waals surface area contributed by atoms with Crippen molar-refractivity contribution in [3.8, 4) is 12.1 Å². The molecule has 55 heavy (non-hydrogen) atoms. The molecule has 0 radical (unpaired) electrons. The minimum atomic E-state index is -0.570. The molecule has 0 saturated carbocycles. The van der Waals surface area contributed by atoms with E-state index in [1.54, 1.807) is 18.0 Å². The zero-order chi connectivity index (χ0) is 38.7. The Labute approximate surface area is 331 Å². The van der Waals surface area contributed by atoms with Gasteiger partial charge in [0.25, 0.3) is 0 Å². The highest BCUT2D eigenvalue weighted by Gasteiger charge is 2.39. The molecule has 292 valence electrons. The van der Waals surface area contributed by atoms with Crippen molar-refractivity contribution in [3.05, 3.63) is 69.2 Å². The third-order valence-corrected chi connectivity index (χ3v) is 12.5. The van der Waals surface area contributed by atoms with Gasteiger partial charge in [0.05, 0.1) is 53.4 Å². The molecule has 3 aromatic rings. The van der Waals surface area contributed by atoms with Crippen LogP contribution >= 0.6 is 11.8 Å². The SMILES string of the molecule is CCCN1CCN(c2nc(CCC3(C)Cc4c(C#N)c(SCCc5cccnc5)nc(N5CC(C)OC(C)C5)c4CO3)c(C#N)c3c2COC(C)(C)C3)CC1. The summed E-state index contributed by atoms with van der Waals surface area (Å²) in [7, 11) is 0. The molecule has 0 N–H and O–H groups in total. The lowest BCUT2D eigenvalue weighted by atomic mass is 9.83. The molecule has 0 bridgehead atoms. The number of morpholine rings is 1. The van der Waals surface area contributed by atoms with Crippen molar-refractivity contribution in [3.63, 3.8) is 0 Å². The standard InChI is InChI=1S/C43H56N8O3S/c1-7-14-49-15-17-50(18-16-49)39-36-27-52-42(4,5)20-32(36)34(22-44)38(47-39)10-12-43(6)21-33-35(23-45)41(55-19-11-31-9-8-13-46-24-31)48-40(37(33)28-53-43)51-25-29(2)54-30(3)26-51/h8-9,13,24,29-30H,7,10-12,14-21,25-28H2,1-6H3. The smallest absolute Gasteiger partial charge is 0.135 e. The Kier molecular flexibility index (Phi) is 12.0. The summed E-state index contributed by atoms with van der Waals surface area (Å²) in [6.45, 7) is 20.0. The lowest BCUT2D eigenvalue weighted by Gasteiger charge is -2.41. The predicted molar refractivity (Wildman–Crippen MR) is 216 cm³/mol. The van der Waals surface area contributed by atoms with Crippen LogP contribution in [0.25, 0.3) is 0 Å². The molecule has 3 aromatic heterocycles. The Balaban J connectivity index is 1.19. The van der Waals surface area contributed by atoms with E-state index in [-0.39, 0.29) is 17.8 Å². The van der Waals surface area contributed by atoms with Crippen LogP contribution in [0.1, 0.15) is 99.0 Å². The van der Waals surface area contributed by atoms with Crippen molar-refractivity contribution in [2.24, 2.45) is 0 Å². The number of piperazine rings is 1. The molecule has 11 nitrogen and oxygen atoms in total. The largest absolute Gasteiger partial charge is 0.372 e. The van der Waals surface area contributed by atoms with Crippen LogP contribution in [0, 0.1) is 22.7 Å². The van der Waals surface area contributed by atoms with E-state index in [1.807, 2.05) is 12.3 Å². The number of fused-ring (bicyclic) bond motifs is 2. The highest BCUT2D eigenvalue weighted by Crippen LogP contribution is 2.42. The fourth-order valence-electron chi connectivity index (χ4n) is 8.72. The first-order valence-corrected chi connectivity index (χ1v) is 21.1. The fraction of sp³-hybridized carbons (Fsp3) is 0.605. The maximum absolute atomic E-state index is 10.7. The number of ether oxygens (including phenoxy) is 3. The second-order valence-electron chi connectivity index (χ2n) is 16.6. The number of nitriles is 2. The van der Waals surface area contributed by atoms with Crippen molar-refractivity contribution in [1.29, 1.82) is 10.5 Å². The van der Waals surface area contributed by atoms with E-state index in [9.17, 15) is 10.5 Å². The Bertz CT molecular complexity index is 1930. The minimum Gasteiger partial charge on any atom is -0.372 e. The second-order valence-corrected chi connectivity index (χ2v) is 17.7. The van der Waals surface area contributed by atoms with E-state index in [4.69, 9.17) is 24.2 Å². The van der Waals surface area contributed by atoms with Crippen LogP contribution in [-0.4, -0.2) is 94.8 Å². The van der Waals surface area contributed by atoms with Crippen LogP contribution in [0.15, 0.2) is 29.6 Å². The number of thioether (sulfide) groups is 1. The normalized spacial score (nSPS) is 23.8. The molecular formula is C43H56N8O3S. The summed E-state index contributed by atoms with van der Waals surface area (Å²) in [6, 6.07) is 9.20. The van der Waals surface area contributed by atoms with Crippen molar-refractivity contribution in [2.45, 2.75) is 122 Å². The number of aromatic nitrogens is 3. The van der Waals surface area contributed by atoms with Gasteiger partial charge >= 0.3 is 0 Å². The van der Waals surface area contributed by atoms with Gasteiger partial charge in [0.1, 0.15) is 28.8 Å². The average molecular weight is 765 g/mol. The molecule has 4 aliphatic heterocycles. The van der Waals surface area contributed by atoms with Gasteiger partial charge in [-0.15, -0.1) is 11.8 Å². The van der Waals surface area contributed by atoms with Crippen LogP contribution < -0.4 is 9.80 Å². The van der Waals surface area contributed by atoms with Gasteiger partial charge in [-0.05, 0) is 89.6 Å². The maximum atomic E-state index is 10.7. The van der Waals surface area contributed by atoms with E-state index < -0.39 is 5.60 Å². The monoisotopic (exact) mass is 764 g/mol. The molecule has 7 rings (SSSR count). The molecule has 3 atom stereocenters. The molecule has 4 aliphatic rings. The topological polar surface area (TPSA) is 124 Å². The van der Waals surface area contributed by atoms with Gasteiger partial charge in [0.15, 0.2) is 0 Å². The van der Waals surface area contributed by atoms with Crippen molar-refractivity contribution in [2.75, 3.05) is 61.4 Å². The number of hydrogen-bond donors (Lipinski definition) is 0. The molecule has 12 heteroatoms. The summed E-state index contributed by atoms with van der Waals surface area (Å²) in [5, 5.41) is 22.2. The molecule has 0 aromatic carbocycles.